The van der Waals surface area contributed by atoms with Crippen LogP contribution in [0.25, 0.3) is 0 Å². The molecule has 2 aliphatic rings. The van der Waals surface area contributed by atoms with Gasteiger partial charge in [-0.15, -0.1) is 0 Å². The third kappa shape index (κ3) is 3.80. The Morgan fingerprint density at radius 3 is 2.70 bits per heavy atom. The minimum absolute atomic E-state index is 0.0576. The summed E-state index contributed by atoms with van der Waals surface area (Å²) in [5.74, 6) is 2.01. The van der Waals surface area contributed by atoms with Crippen molar-refractivity contribution in [2.75, 3.05) is 12.4 Å². The minimum atomic E-state index is -0.0576. The Bertz CT molecular complexity index is 810. The number of nitrogens with one attached hydrogen (secondary N) is 1. The van der Waals surface area contributed by atoms with E-state index in [1.165, 1.54) is 43.2 Å². The van der Waals surface area contributed by atoms with Gasteiger partial charge in [-0.3, -0.25) is 10.00 Å². The fraction of sp³-hybridized carbons (Fsp3) is 0.524. The number of hydrogen-bond acceptors (Lipinski definition) is 3. The molecule has 1 atom stereocenters. The molecule has 1 aliphatic heterocycles. The third-order valence-electron chi connectivity index (χ3n) is 5.99. The monoisotopic (exact) mass is 368 g/mol. The molecule has 27 heavy (non-hydrogen) atoms. The van der Waals surface area contributed by atoms with E-state index in [0.29, 0.717) is 18.3 Å². The van der Waals surface area contributed by atoms with Gasteiger partial charge in [0.15, 0.2) is 5.82 Å². The lowest BCUT2D eigenvalue weighted by molar-refractivity contribution is 0.125. The van der Waals surface area contributed by atoms with E-state index in [-0.39, 0.29) is 12.1 Å². The lowest BCUT2D eigenvalue weighted by atomic mass is 9.78. The zero-order valence-electron chi connectivity index (χ0n) is 16.1. The molecule has 1 aromatic heterocycles. The minimum Gasteiger partial charge on any atom is -0.497 e. The van der Waals surface area contributed by atoms with Gasteiger partial charge < -0.3 is 9.64 Å². The van der Waals surface area contributed by atoms with Crippen molar-refractivity contribution in [3.8, 4) is 5.75 Å². The molecule has 1 aromatic carbocycles. The van der Waals surface area contributed by atoms with Crippen LogP contribution in [0.2, 0.25) is 0 Å². The smallest absolute Gasteiger partial charge is 0.323 e. The van der Waals surface area contributed by atoms with E-state index in [2.05, 4.69) is 22.5 Å². The van der Waals surface area contributed by atoms with Crippen LogP contribution in [0.5, 0.6) is 5.75 Å². The molecule has 0 unspecified atom stereocenters. The summed E-state index contributed by atoms with van der Waals surface area (Å²) in [6.45, 7) is 0.617. The lowest BCUT2D eigenvalue weighted by Crippen LogP contribution is -2.50. The van der Waals surface area contributed by atoms with Gasteiger partial charge >= 0.3 is 6.03 Å². The molecule has 2 aromatic rings. The summed E-state index contributed by atoms with van der Waals surface area (Å²) in [4.78, 5) is 15.1. The normalized spacial score (nSPS) is 20.2. The highest BCUT2D eigenvalue weighted by molar-refractivity contribution is 5.88. The maximum absolute atomic E-state index is 13.1. The maximum Gasteiger partial charge on any atom is 0.323 e. The summed E-state index contributed by atoms with van der Waals surface area (Å²) in [7, 11) is 3.53. The number of carbonyl (C=O) groups excluding carboxylic acids is 1. The molecule has 6 heteroatoms. The lowest BCUT2D eigenvalue weighted by Gasteiger charge is -2.42. The molecule has 0 saturated heterocycles. The van der Waals surface area contributed by atoms with Gasteiger partial charge in [0, 0.05) is 31.9 Å². The fourth-order valence-electron chi connectivity index (χ4n) is 4.54. The highest BCUT2D eigenvalue weighted by Gasteiger charge is 2.36. The van der Waals surface area contributed by atoms with Crippen LogP contribution < -0.4 is 10.1 Å². The number of urea groups is 1. The van der Waals surface area contributed by atoms with Crippen molar-refractivity contribution < 1.29 is 9.53 Å². The molecule has 0 radical (unpaired) electrons. The zero-order valence-corrected chi connectivity index (χ0v) is 16.1. The quantitative estimate of drug-likeness (QED) is 0.892. The molecular formula is C21H28N4O2. The van der Waals surface area contributed by atoms with Crippen molar-refractivity contribution in [2.45, 2.75) is 51.1 Å². The Morgan fingerprint density at radius 1 is 1.19 bits per heavy atom. The number of hydrogen-bond donors (Lipinski definition) is 1. The molecule has 2 heterocycles. The van der Waals surface area contributed by atoms with Gasteiger partial charge in [-0.05, 0) is 48.4 Å². The van der Waals surface area contributed by atoms with E-state index < -0.39 is 0 Å². The number of carbonyl (C=O) groups is 1. The summed E-state index contributed by atoms with van der Waals surface area (Å²) in [6.07, 6.45) is 9.03. The van der Waals surface area contributed by atoms with Gasteiger partial charge in [0.05, 0.1) is 7.11 Å². The van der Waals surface area contributed by atoms with E-state index in [4.69, 9.17) is 4.74 Å². The standard InChI is InChI=1S/C21H28N4O2/c1-24-11-10-20(23-24)22-21(26)25-14-17-12-18(27-2)9-8-16(17)13-19(25)15-6-4-3-5-7-15/h8-12,15,19H,3-7,13-14H2,1-2H3,(H,22,23,26)/t19-/m0/s1. The predicted molar refractivity (Wildman–Crippen MR) is 105 cm³/mol. The molecule has 0 spiro atoms. The van der Waals surface area contributed by atoms with Crippen LogP contribution >= 0.6 is 0 Å². The Kier molecular flexibility index (Phi) is 5.05. The first-order valence-corrected chi connectivity index (χ1v) is 9.87. The van der Waals surface area contributed by atoms with Gasteiger partial charge in [-0.1, -0.05) is 25.3 Å². The van der Waals surface area contributed by atoms with Crippen LogP contribution in [0, 0.1) is 5.92 Å². The number of rotatable bonds is 3. The molecule has 1 fully saturated rings. The third-order valence-corrected chi connectivity index (χ3v) is 5.99. The number of fused-ring (bicyclic) bond motifs is 1. The van der Waals surface area contributed by atoms with Gasteiger partial charge in [-0.2, -0.15) is 5.10 Å². The number of aryl methyl sites for hydroxylation is 1. The summed E-state index contributed by atoms with van der Waals surface area (Å²) in [5.41, 5.74) is 2.52. The summed E-state index contributed by atoms with van der Waals surface area (Å²) < 4.78 is 7.08. The van der Waals surface area contributed by atoms with E-state index in [1.54, 1.807) is 11.8 Å². The van der Waals surface area contributed by atoms with Crippen molar-refractivity contribution in [1.29, 1.82) is 0 Å². The Hall–Kier alpha value is -2.50. The van der Waals surface area contributed by atoms with Crippen LogP contribution in [0.15, 0.2) is 30.5 Å². The molecule has 6 nitrogen and oxygen atoms in total. The van der Waals surface area contributed by atoms with Gasteiger partial charge in [0.1, 0.15) is 5.75 Å². The number of ether oxygens (including phenoxy) is 1. The largest absolute Gasteiger partial charge is 0.497 e. The van der Waals surface area contributed by atoms with Crippen molar-refractivity contribution in [2.24, 2.45) is 13.0 Å². The summed E-state index contributed by atoms with van der Waals surface area (Å²) >= 11 is 0. The van der Waals surface area contributed by atoms with Crippen molar-refractivity contribution in [3.63, 3.8) is 0 Å². The van der Waals surface area contributed by atoms with E-state index in [0.717, 1.165) is 12.2 Å². The summed E-state index contributed by atoms with van der Waals surface area (Å²) in [6, 6.07) is 8.27. The van der Waals surface area contributed by atoms with Crippen LogP contribution in [-0.2, 0) is 20.0 Å². The number of methoxy groups -OCH3 is 1. The molecule has 144 valence electrons. The molecule has 1 saturated carbocycles. The fourth-order valence-corrected chi connectivity index (χ4v) is 4.54. The number of benzene rings is 1. The molecular weight excluding hydrogens is 340 g/mol. The average molecular weight is 368 g/mol. The first kappa shape index (κ1) is 17.9. The number of amides is 2. The number of aromatic nitrogens is 2. The van der Waals surface area contributed by atoms with Gasteiger partial charge in [0.25, 0.3) is 0 Å². The SMILES string of the molecule is COc1ccc2c(c1)CN(C(=O)Nc1ccn(C)n1)[C@H](C1CCCCC1)C2. The molecule has 1 N–H and O–H groups in total. The molecule has 2 amide bonds. The highest BCUT2D eigenvalue weighted by atomic mass is 16.5. The van der Waals surface area contributed by atoms with Crippen LogP contribution in [0.3, 0.4) is 0 Å². The second-order valence-electron chi connectivity index (χ2n) is 7.74. The van der Waals surface area contributed by atoms with Gasteiger partial charge in [-0.25, -0.2) is 4.79 Å². The summed E-state index contributed by atoms with van der Waals surface area (Å²) in [5, 5.41) is 7.28. The Balaban J connectivity index is 1.60. The van der Waals surface area contributed by atoms with Crippen LogP contribution in [0.1, 0.15) is 43.2 Å². The molecule has 0 bridgehead atoms. The molecule has 4 rings (SSSR count). The number of nitrogens with zero attached hydrogens (tertiary/aromatic N) is 3. The van der Waals surface area contributed by atoms with Crippen LogP contribution in [0.4, 0.5) is 10.6 Å². The van der Waals surface area contributed by atoms with Crippen molar-refractivity contribution in [1.82, 2.24) is 14.7 Å². The Labute approximate surface area is 160 Å². The first-order valence-electron chi connectivity index (χ1n) is 9.87. The Morgan fingerprint density at radius 2 is 2.00 bits per heavy atom. The topological polar surface area (TPSA) is 59.4 Å². The zero-order chi connectivity index (χ0) is 18.8. The predicted octanol–water partition coefficient (Wildman–Crippen LogP) is 3.97. The average Bonchev–Trinajstić information content (AvgIpc) is 3.11. The van der Waals surface area contributed by atoms with E-state index >= 15 is 0 Å². The van der Waals surface area contributed by atoms with E-state index in [1.807, 2.05) is 30.3 Å². The second kappa shape index (κ2) is 7.62. The number of anilines is 1. The maximum atomic E-state index is 13.1. The van der Waals surface area contributed by atoms with Crippen molar-refractivity contribution in [3.05, 3.63) is 41.6 Å². The highest BCUT2D eigenvalue weighted by Crippen LogP contribution is 2.36. The van der Waals surface area contributed by atoms with Crippen molar-refractivity contribution >= 4 is 11.8 Å². The van der Waals surface area contributed by atoms with E-state index in [9.17, 15) is 4.79 Å². The molecule has 1 aliphatic carbocycles. The first-order chi connectivity index (χ1) is 13.1. The van der Waals surface area contributed by atoms with Gasteiger partial charge in [0.2, 0.25) is 0 Å². The second-order valence-corrected chi connectivity index (χ2v) is 7.74. The van der Waals surface area contributed by atoms with Crippen LogP contribution in [-0.4, -0.2) is 33.9 Å².